The molecule has 0 aliphatic carbocycles. The molecule has 126 valence electrons. The van der Waals surface area contributed by atoms with Crippen LogP contribution in [0.4, 0.5) is 17.6 Å². The summed E-state index contributed by atoms with van der Waals surface area (Å²) in [6.07, 6.45) is -3.19. The number of halogens is 6. The summed E-state index contributed by atoms with van der Waals surface area (Å²) in [4.78, 5) is 4.15. The van der Waals surface area contributed by atoms with E-state index in [4.69, 9.17) is 11.6 Å². The zero-order valence-corrected chi connectivity index (χ0v) is 14.0. The predicted molar refractivity (Wildman–Crippen MR) is 84.2 cm³/mol. The summed E-state index contributed by atoms with van der Waals surface area (Å²) in [7, 11) is 0. The lowest BCUT2D eigenvalue weighted by atomic mass is 10.1. The molecule has 0 bridgehead atoms. The van der Waals surface area contributed by atoms with Gasteiger partial charge in [0.05, 0.1) is 17.7 Å². The lowest BCUT2D eigenvalue weighted by Gasteiger charge is -2.10. The van der Waals surface area contributed by atoms with Crippen molar-refractivity contribution < 1.29 is 22.7 Å². The highest BCUT2D eigenvalue weighted by atomic mass is 79.9. The molecular weight excluding hydrogens is 416 g/mol. The molecule has 2 heterocycles. The van der Waals surface area contributed by atoms with Crippen molar-refractivity contribution in [1.29, 1.82) is 0 Å². The smallest absolute Gasteiger partial charge is 0.392 e. The number of benzene rings is 1. The van der Waals surface area contributed by atoms with Crippen LogP contribution in [-0.2, 0) is 12.8 Å². The van der Waals surface area contributed by atoms with Gasteiger partial charge in [0.25, 0.3) is 0 Å². The molecule has 0 unspecified atom stereocenters. The highest BCUT2D eigenvalue weighted by molar-refractivity contribution is 9.10. The summed E-state index contributed by atoms with van der Waals surface area (Å²) in [6.45, 7) is -0.385. The second-order valence-electron chi connectivity index (χ2n) is 4.97. The van der Waals surface area contributed by atoms with Crippen molar-refractivity contribution in [2.24, 2.45) is 0 Å². The van der Waals surface area contributed by atoms with Crippen molar-refractivity contribution in [3.63, 3.8) is 0 Å². The van der Waals surface area contributed by atoms with E-state index in [1.165, 1.54) is 16.7 Å². The third kappa shape index (κ3) is 2.89. The van der Waals surface area contributed by atoms with Crippen molar-refractivity contribution >= 4 is 33.0 Å². The van der Waals surface area contributed by atoms with Crippen LogP contribution < -0.4 is 0 Å². The van der Waals surface area contributed by atoms with Crippen LogP contribution in [-0.4, -0.2) is 14.5 Å². The lowest BCUT2D eigenvalue weighted by molar-refractivity contribution is -0.137. The van der Waals surface area contributed by atoms with Crippen LogP contribution in [0.5, 0.6) is 0 Å². The van der Waals surface area contributed by atoms with Gasteiger partial charge in [0, 0.05) is 22.3 Å². The molecule has 3 rings (SSSR count). The first-order chi connectivity index (χ1) is 11.2. The van der Waals surface area contributed by atoms with E-state index in [0.717, 1.165) is 12.1 Å². The summed E-state index contributed by atoms with van der Waals surface area (Å²) in [6, 6.07) is 3.67. The minimum absolute atomic E-state index is 0.0470. The van der Waals surface area contributed by atoms with E-state index in [1.54, 1.807) is 0 Å². The molecule has 1 aromatic carbocycles. The molecule has 0 saturated carbocycles. The van der Waals surface area contributed by atoms with Crippen LogP contribution in [0.1, 0.15) is 11.1 Å². The number of rotatable bonds is 2. The zero-order chi connectivity index (χ0) is 17.6. The van der Waals surface area contributed by atoms with Crippen LogP contribution >= 0.6 is 27.5 Å². The Balaban J connectivity index is 2.30. The Hall–Kier alpha value is -1.64. The number of nitrogens with zero attached hydrogens (tertiary/aromatic N) is 2. The van der Waals surface area contributed by atoms with Gasteiger partial charge in [0.1, 0.15) is 16.2 Å². The van der Waals surface area contributed by atoms with E-state index in [-0.39, 0.29) is 27.6 Å². The van der Waals surface area contributed by atoms with Crippen molar-refractivity contribution in [2.45, 2.75) is 12.8 Å². The lowest BCUT2D eigenvalue weighted by Crippen LogP contribution is -2.06. The maximum atomic E-state index is 13.7. The van der Waals surface area contributed by atoms with Gasteiger partial charge in [-0.1, -0.05) is 11.6 Å². The highest BCUT2D eigenvalue weighted by Gasteiger charge is 2.32. The topological polar surface area (TPSA) is 37.5 Å². The first-order valence-electron chi connectivity index (χ1n) is 6.56. The molecule has 0 aliphatic heterocycles. The van der Waals surface area contributed by atoms with E-state index in [0.29, 0.717) is 17.1 Å². The minimum atomic E-state index is -4.68. The molecule has 0 fully saturated rings. The number of aliphatic hydroxyl groups is 1. The number of pyridine rings is 1. The first-order valence-corrected chi connectivity index (χ1v) is 7.73. The van der Waals surface area contributed by atoms with Crippen LogP contribution in [0.25, 0.3) is 16.9 Å². The molecular formula is C15H8BrClF4N2O. The monoisotopic (exact) mass is 422 g/mol. The van der Waals surface area contributed by atoms with Crippen LogP contribution in [0.3, 0.4) is 0 Å². The molecule has 0 spiro atoms. The first kappa shape index (κ1) is 17.2. The maximum Gasteiger partial charge on any atom is 0.416 e. The van der Waals surface area contributed by atoms with Gasteiger partial charge in [-0.3, -0.25) is 4.40 Å². The average Bonchev–Trinajstić information content (AvgIpc) is 2.83. The Morgan fingerprint density at radius 3 is 2.58 bits per heavy atom. The van der Waals surface area contributed by atoms with Crippen LogP contribution in [0.2, 0.25) is 5.02 Å². The Morgan fingerprint density at radius 1 is 1.25 bits per heavy atom. The fourth-order valence-electron chi connectivity index (χ4n) is 2.41. The van der Waals surface area contributed by atoms with Crippen molar-refractivity contribution in [2.75, 3.05) is 0 Å². The van der Waals surface area contributed by atoms with Crippen molar-refractivity contribution in [3.8, 4) is 11.4 Å². The molecule has 0 amide bonds. The number of hydrogen-bond donors (Lipinski definition) is 1. The number of alkyl halides is 3. The van der Waals surface area contributed by atoms with Crippen LogP contribution in [0, 0.1) is 5.82 Å². The van der Waals surface area contributed by atoms with Crippen LogP contribution in [0.15, 0.2) is 35.1 Å². The molecule has 2 aromatic heterocycles. The number of hydrogen-bond acceptors (Lipinski definition) is 2. The third-order valence-electron chi connectivity index (χ3n) is 3.45. The van der Waals surface area contributed by atoms with Crippen molar-refractivity contribution in [1.82, 2.24) is 9.38 Å². The molecule has 0 saturated heterocycles. The Kier molecular flexibility index (Phi) is 4.31. The van der Waals surface area contributed by atoms with Crippen molar-refractivity contribution in [3.05, 3.63) is 57.0 Å². The van der Waals surface area contributed by atoms with E-state index >= 15 is 0 Å². The van der Waals surface area contributed by atoms with Gasteiger partial charge in [-0.25, -0.2) is 9.37 Å². The molecule has 1 N–H and O–H groups in total. The summed E-state index contributed by atoms with van der Waals surface area (Å²) < 4.78 is 54.1. The summed E-state index contributed by atoms with van der Waals surface area (Å²) in [5, 5.41) is 9.75. The SMILES string of the molecule is OCc1c(Cl)ccn2c(-c3cc(F)cc(C(F)(F)F)c3)nc(Br)c12. The number of fused-ring (bicyclic) bond motifs is 1. The predicted octanol–water partition coefficient (Wildman–Crippen LogP) is 5.07. The normalized spacial score (nSPS) is 12.1. The number of aliphatic hydroxyl groups excluding tert-OH is 1. The standard InChI is InChI=1S/C15H8BrClF4N2O/c16-13-12-10(6-24)11(17)1-2-23(12)14(22-13)7-3-8(15(19,20)21)5-9(18)4-7/h1-5,24H,6H2. The molecule has 3 nitrogen and oxygen atoms in total. The second-order valence-corrected chi connectivity index (χ2v) is 6.13. The fraction of sp³-hybridized carbons (Fsp3) is 0.133. The Morgan fingerprint density at radius 2 is 1.96 bits per heavy atom. The zero-order valence-electron chi connectivity index (χ0n) is 11.7. The molecule has 0 atom stereocenters. The van der Waals surface area contributed by atoms with Gasteiger partial charge >= 0.3 is 6.18 Å². The van der Waals surface area contributed by atoms with E-state index < -0.39 is 17.6 Å². The van der Waals surface area contributed by atoms with Gasteiger partial charge in [0.15, 0.2) is 0 Å². The second kappa shape index (κ2) is 6.02. The largest absolute Gasteiger partial charge is 0.416 e. The molecule has 0 radical (unpaired) electrons. The Bertz CT molecular complexity index is 939. The fourth-order valence-corrected chi connectivity index (χ4v) is 3.21. The number of aromatic nitrogens is 2. The summed E-state index contributed by atoms with van der Waals surface area (Å²) >= 11 is 9.21. The highest BCUT2D eigenvalue weighted by Crippen LogP contribution is 2.35. The van der Waals surface area contributed by atoms with Gasteiger partial charge in [-0.05, 0) is 40.2 Å². The number of imidazole rings is 1. The average molecular weight is 424 g/mol. The Labute approximate surface area is 146 Å². The summed E-state index contributed by atoms with van der Waals surface area (Å²) in [5.74, 6) is -0.933. The van der Waals surface area contributed by atoms with E-state index in [1.807, 2.05) is 0 Å². The quantitative estimate of drug-likeness (QED) is 0.585. The van der Waals surface area contributed by atoms with Gasteiger partial charge < -0.3 is 5.11 Å². The van der Waals surface area contributed by atoms with Gasteiger partial charge in [-0.2, -0.15) is 13.2 Å². The molecule has 9 heteroatoms. The van der Waals surface area contributed by atoms with Gasteiger partial charge in [0.2, 0.25) is 0 Å². The molecule has 24 heavy (non-hydrogen) atoms. The maximum absolute atomic E-state index is 13.7. The van der Waals surface area contributed by atoms with Gasteiger partial charge in [-0.15, -0.1) is 0 Å². The molecule has 3 aromatic rings. The minimum Gasteiger partial charge on any atom is -0.392 e. The third-order valence-corrected chi connectivity index (χ3v) is 4.36. The molecule has 0 aliphatic rings. The van der Waals surface area contributed by atoms with E-state index in [2.05, 4.69) is 20.9 Å². The summed E-state index contributed by atoms with van der Waals surface area (Å²) in [5.41, 5.74) is -0.397. The van der Waals surface area contributed by atoms with E-state index in [9.17, 15) is 22.7 Å².